The van der Waals surface area contributed by atoms with Gasteiger partial charge in [-0.3, -0.25) is 14.3 Å². The first-order chi connectivity index (χ1) is 8.01. The Morgan fingerprint density at radius 2 is 1.53 bits per heavy atom. The van der Waals surface area contributed by atoms with Crippen molar-refractivity contribution in [3.05, 3.63) is 0 Å². The second-order valence-electron chi connectivity index (χ2n) is 3.60. The van der Waals surface area contributed by atoms with E-state index in [4.69, 9.17) is 9.05 Å². The Bertz CT molecular complexity index is 256. The molecule has 0 saturated carbocycles. The van der Waals surface area contributed by atoms with Crippen LogP contribution in [0.15, 0.2) is 0 Å². The fraction of sp³-hybridized carbons (Fsp3) is 0.909. The summed E-state index contributed by atoms with van der Waals surface area (Å²) < 4.78 is 22.3. The molecule has 0 rings (SSSR count). The smallest absolute Gasteiger partial charge is 0.309 e. The number of Topliss-reactive ketones (excluding diaryl/α,β-unsaturated/α-hetero) is 1. The molecule has 0 saturated heterocycles. The zero-order chi connectivity index (χ0) is 13.3. The number of nitrogens with zero attached hydrogens (tertiary/aromatic N) is 1. The SMILES string of the molecule is CCOP(=O)(CC(=O)CN(CC)CC)OCC. The number of hydrogen-bond acceptors (Lipinski definition) is 5. The highest BCUT2D eigenvalue weighted by molar-refractivity contribution is 7.54. The first-order valence-corrected chi connectivity index (χ1v) is 7.86. The number of rotatable bonds is 10. The van der Waals surface area contributed by atoms with Crippen molar-refractivity contribution < 1.29 is 18.4 Å². The summed E-state index contributed by atoms with van der Waals surface area (Å²) in [4.78, 5) is 13.7. The summed E-state index contributed by atoms with van der Waals surface area (Å²) in [5, 5.41) is 0. The second kappa shape index (κ2) is 8.81. The molecular formula is C11H24NO4P. The summed E-state index contributed by atoms with van der Waals surface area (Å²) in [5.74, 6) is -0.0982. The Morgan fingerprint density at radius 1 is 1.06 bits per heavy atom. The van der Waals surface area contributed by atoms with Crippen LogP contribution >= 0.6 is 7.60 Å². The van der Waals surface area contributed by atoms with Crippen molar-refractivity contribution >= 4 is 13.4 Å². The van der Waals surface area contributed by atoms with E-state index in [2.05, 4.69) is 0 Å². The monoisotopic (exact) mass is 265 g/mol. The molecule has 0 N–H and O–H groups in total. The molecule has 0 aromatic heterocycles. The summed E-state index contributed by atoms with van der Waals surface area (Å²) in [6.07, 6.45) is -0.134. The third-order valence-corrected chi connectivity index (χ3v) is 4.36. The molecule has 0 amide bonds. The molecule has 0 aromatic carbocycles. The molecule has 0 atom stereocenters. The van der Waals surface area contributed by atoms with Crippen LogP contribution in [0.4, 0.5) is 0 Å². The van der Waals surface area contributed by atoms with Gasteiger partial charge < -0.3 is 9.05 Å². The molecule has 102 valence electrons. The van der Waals surface area contributed by atoms with Crippen molar-refractivity contribution in [3.63, 3.8) is 0 Å². The number of likely N-dealkylation sites (N-methyl/N-ethyl adjacent to an activating group) is 1. The van der Waals surface area contributed by atoms with Gasteiger partial charge in [0.1, 0.15) is 6.16 Å². The molecule has 17 heavy (non-hydrogen) atoms. The van der Waals surface area contributed by atoms with E-state index < -0.39 is 7.60 Å². The van der Waals surface area contributed by atoms with Crippen LogP contribution in [0.1, 0.15) is 27.7 Å². The predicted octanol–water partition coefficient (Wildman–Crippen LogP) is 2.16. The van der Waals surface area contributed by atoms with Crippen molar-refractivity contribution in [2.24, 2.45) is 0 Å². The second-order valence-corrected chi connectivity index (χ2v) is 5.66. The maximum Gasteiger partial charge on any atom is 0.338 e. The average Bonchev–Trinajstić information content (AvgIpc) is 2.26. The van der Waals surface area contributed by atoms with Crippen LogP contribution in [0.5, 0.6) is 0 Å². The van der Waals surface area contributed by atoms with Crippen LogP contribution in [0, 0.1) is 0 Å². The Balaban J connectivity index is 4.35. The van der Waals surface area contributed by atoms with E-state index in [1.54, 1.807) is 13.8 Å². The van der Waals surface area contributed by atoms with Gasteiger partial charge in [0.15, 0.2) is 5.78 Å². The van der Waals surface area contributed by atoms with Gasteiger partial charge in [0.2, 0.25) is 0 Å². The third-order valence-electron chi connectivity index (χ3n) is 2.32. The first kappa shape index (κ1) is 16.8. The van der Waals surface area contributed by atoms with E-state index in [0.717, 1.165) is 13.1 Å². The maximum atomic E-state index is 12.1. The van der Waals surface area contributed by atoms with Gasteiger partial charge in [-0.2, -0.15) is 0 Å². The molecule has 0 bridgehead atoms. The molecule has 0 heterocycles. The van der Waals surface area contributed by atoms with E-state index in [9.17, 15) is 9.36 Å². The van der Waals surface area contributed by atoms with Crippen molar-refractivity contribution in [1.29, 1.82) is 0 Å². The lowest BCUT2D eigenvalue weighted by molar-refractivity contribution is -0.118. The maximum absolute atomic E-state index is 12.1. The van der Waals surface area contributed by atoms with Gasteiger partial charge in [0, 0.05) is 0 Å². The van der Waals surface area contributed by atoms with Gasteiger partial charge in [-0.05, 0) is 26.9 Å². The summed E-state index contributed by atoms with van der Waals surface area (Å²) in [7, 11) is -3.23. The van der Waals surface area contributed by atoms with Crippen molar-refractivity contribution in [2.45, 2.75) is 27.7 Å². The topological polar surface area (TPSA) is 55.8 Å². The highest BCUT2D eigenvalue weighted by atomic mass is 31.2. The molecular weight excluding hydrogens is 241 g/mol. The van der Waals surface area contributed by atoms with E-state index in [1.165, 1.54) is 0 Å². The van der Waals surface area contributed by atoms with Crippen LogP contribution in [0.3, 0.4) is 0 Å². The lowest BCUT2D eigenvalue weighted by Gasteiger charge is -2.20. The Labute approximate surface area is 104 Å². The summed E-state index contributed by atoms with van der Waals surface area (Å²) in [6, 6.07) is 0. The van der Waals surface area contributed by atoms with Crippen molar-refractivity contribution in [3.8, 4) is 0 Å². The van der Waals surface area contributed by atoms with Gasteiger partial charge in [0.05, 0.1) is 19.8 Å². The number of carbonyl (C=O) groups excluding carboxylic acids is 1. The average molecular weight is 265 g/mol. The van der Waals surface area contributed by atoms with Crippen LogP contribution < -0.4 is 0 Å². The Morgan fingerprint density at radius 3 is 1.88 bits per heavy atom. The van der Waals surface area contributed by atoms with Crippen molar-refractivity contribution in [1.82, 2.24) is 4.90 Å². The van der Waals surface area contributed by atoms with Gasteiger partial charge >= 0.3 is 7.60 Å². The number of hydrogen-bond donors (Lipinski definition) is 0. The molecule has 0 aromatic rings. The standard InChI is InChI=1S/C11H24NO4P/c1-5-12(6-2)9-11(13)10-17(14,15-7-3)16-8-4/h5-10H2,1-4H3. The number of ketones is 1. The van der Waals surface area contributed by atoms with E-state index >= 15 is 0 Å². The largest absolute Gasteiger partial charge is 0.338 e. The minimum Gasteiger partial charge on any atom is -0.309 e. The van der Waals surface area contributed by atoms with Gasteiger partial charge in [-0.1, -0.05) is 13.8 Å². The molecule has 0 aliphatic rings. The number of carbonyl (C=O) groups is 1. The minimum absolute atomic E-state index is 0.0982. The quantitative estimate of drug-likeness (QED) is 0.566. The van der Waals surface area contributed by atoms with E-state index in [-0.39, 0.29) is 25.2 Å². The zero-order valence-electron chi connectivity index (χ0n) is 11.3. The van der Waals surface area contributed by atoms with E-state index in [1.807, 2.05) is 18.7 Å². The van der Waals surface area contributed by atoms with Gasteiger partial charge in [-0.25, -0.2) is 0 Å². The molecule has 0 spiro atoms. The summed E-state index contributed by atoms with van der Waals surface area (Å²) in [6.45, 7) is 9.93. The molecule has 5 nitrogen and oxygen atoms in total. The lowest BCUT2D eigenvalue weighted by Crippen LogP contribution is -2.31. The fourth-order valence-corrected chi connectivity index (χ4v) is 3.06. The van der Waals surface area contributed by atoms with Crippen molar-refractivity contribution in [2.75, 3.05) is 39.0 Å². The fourth-order valence-electron chi connectivity index (χ4n) is 1.48. The highest BCUT2D eigenvalue weighted by Crippen LogP contribution is 2.47. The molecule has 0 aliphatic heterocycles. The highest BCUT2D eigenvalue weighted by Gasteiger charge is 2.27. The normalized spacial score (nSPS) is 12.1. The Hall–Kier alpha value is -0.220. The molecule has 0 fully saturated rings. The van der Waals surface area contributed by atoms with Crippen LogP contribution in [-0.2, 0) is 18.4 Å². The molecule has 0 radical (unpaired) electrons. The van der Waals surface area contributed by atoms with Gasteiger partial charge in [0.25, 0.3) is 0 Å². The molecule has 0 unspecified atom stereocenters. The molecule has 6 heteroatoms. The lowest BCUT2D eigenvalue weighted by atomic mass is 10.4. The van der Waals surface area contributed by atoms with E-state index in [0.29, 0.717) is 6.54 Å². The summed E-state index contributed by atoms with van der Waals surface area (Å²) in [5.41, 5.74) is 0. The molecule has 0 aliphatic carbocycles. The Kier molecular flexibility index (Phi) is 8.70. The van der Waals surface area contributed by atoms with Crippen LogP contribution in [0.25, 0.3) is 0 Å². The predicted molar refractivity (Wildman–Crippen MR) is 68.5 cm³/mol. The minimum atomic E-state index is -3.23. The van der Waals surface area contributed by atoms with Gasteiger partial charge in [-0.15, -0.1) is 0 Å². The van der Waals surface area contributed by atoms with Crippen LogP contribution in [-0.4, -0.2) is 49.7 Å². The zero-order valence-corrected chi connectivity index (χ0v) is 12.2. The first-order valence-electron chi connectivity index (χ1n) is 6.13. The third kappa shape index (κ3) is 6.94. The van der Waals surface area contributed by atoms with Crippen LogP contribution in [0.2, 0.25) is 0 Å². The summed E-state index contributed by atoms with van der Waals surface area (Å²) >= 11 is 0.